The molecule has 1 amide bonds. The maximum absolute atomic E-state index is 14.2. The number of rotatable bonds is 4. The number of carbonyl (C=O) groups is 1. The molecule has 0 spiro atoms. The van der Waals surface area contributed by atoms with Crippen molar-refractivity contribution < 1.29 is 18.0 Å². The van der Waals surface area contributed by atoms with Gasteiger partial charge >= 0.3 is 6.18 Å². The quantitative estimate of drug-likeness (QED) is 0.836. The highest BCUT2D eigenvalue weighted by atomic mass is 19.4. The van der Waals surface area contributed by atoms with E-state index in [0.29, 0.717) is 11.8 Å². The minimum Gasteiger partial charge on any atom is -0.287 e. The summed E-state index contributed by atoms with van der Waals surface area (Å²) in [7, 11) is 0. The van der Waals surface area contributed by atoms with Gasteiger partial charge in [0.25, 0.3) is 0 Å². The third-order valence-corrected chi connectivity index (χ3v) is 4.90. The lowest BCUT2D eigenvalue weighted by molar-refractivity contribution is -0.203. The van der Waals surface area contributed by atoms with Crippen molar-refractivity contribution in [3.8, 4) is 0 Å². The Labute approximate surface area is 151 Å². The van der Waals surface area contributed by atoms with Gasteiger partial charge in [-0.05, 0) is 42.2 Å². The van der Waals surface area contributed by atoms with Crippen molar-refractivity contribution in [2.45, 2.75) is 57.8 Å². The molecule has 0 saturated carbocycles. The van der Waals surface area contributed by atoms with Crippen molar-refractivity contribution >= 4 is 16.7 Å². The Morgan fingerprint density at radius 3 is 2.38 bits per heavy atom. The number of aryl methyl sites for hydroxylation is 1. The molecule has 140 valence electrons. The Morgan fingerprint density at radius 1 is 1.19 bits per heavy atom. The molecule has 3 rings (SSSR count). The molecule has 0 bridgehead atoms. The molecular weight excluding hydrogens is 341 g/mol. The lowest BCUT2D eigenvalue weighted by Crippen LogP contribution is -2.51. The number of hydrazine groups is 1. The Balaban J connectivity index is 2.25. The van der Waals surface area contributed by atoms with E-state index in [9.17, 15) is 18.0 Å². The first-order valence-corrected chi connectivity index (χ1v) is 8.81. The molecular formula is C20H23F3N2O. The van der Waals surface area contributed by atoms with E-state index < -0.39 is 23.7 Å². The zero-order chi connectivity index (χ0) is 19.1. The number of hydrogen-bond acceptors (Lipinski definition) is 2. The third kappa shape index (κ3) is 3.30. The number of nitrogens with one attached hydrogen (secondary N) is 1. The molecule has 0 aliphatic carbocycles. The minimum absolute atomic E-state index is 0.0339. The van der Waals surface area contributed by atoms with E-state index in [4.69, 9.17) is 0 Å². The molecule has 3 nitrogen and oxygen atoms in total. The highest BCUT2D eigenvalue weighted by molar-refractivity contribution is 5.89. The van der Waals surface area contributed by atoms with Gasteiger partial charge in [0.15, 0.2) is 6.04 Å². The molecule has 1 atom stereocenters. The highest BCUT2D eigenvalue weighted by Crippen LogP contribution is 2.45. The van der Waals surface area contributed by atoms with E-state index in [1.807, 2.05) is 31.2 Å². The lowest BCUT2D eigenvalue weighted by Gasteiger charge is -2.38. The normalized spacial score (nSPS) is 18.9. The second kappa shape index (κ2) is 6.58. The van der Waals surface area contributed by atoms with Gasteiger partial charge in [-0.1, -0.05) is 49.7 Å². The summed E-state index contributed by atoms with van der Waals surface area (Å²) in [5.74, 6) is -0.390. The monoisotopic (exact) mass is 364 g/mol. The molecule has 2 aromatic rings. The van der Waals surface area contributed by atoms with E-state index in [-0.39, 0.29) is 12.0 Å². The zero-order valence-corrected chi connectivity index (χ0v) is 15.2. The van der Waals surface area contributed by atoms with Gasteiger partial charge in [-0.25, -0.2) is 0 Å². The van der Waals surface area contributed by atoms with Gasteiger partial charge in [-0.15, -0.1) is 0 Å². The second-order valence-corrected chi connectivity index (χ2v) is 7.45. The topological polar surface area (TPSA) is 32.3 Å². The summed E-state index contributed by atoms with van der Waals surface area (Å²) >= 11 is 0. The largest absolute Gasteiger partial charge is 0.409 e. The van der Waals surface area contributed by atoms with Crippen LogP contribution < -0.4 is 5.43 Å². The number of benzene rings is 2. The summed E-state index contributed by atoms with van der Waals surface area (Å²) in [4.78, 5) is 11.8. The maximum Gasteiger partial charge on any atom is 0.409 e. The van der Waals surface area contributed by atoms with Gasteiger partial charge in [-0.2, -0.15) is 18.2 Å². The Hall–Kier alpha value is -2.08. The smallest absolute Gasteiger partial charge is 0.287 e. The molecule has 1 fully saturated rings. The molecule has 2 aromatic carbocycles. The van der Waals surface area contributed by atoms with E-state index in [1.54, 1.807) is 19.9 Å². The van der Waals surface area contributed by atoms with Crippen molar-refractivity contribution in [1.82, 2.24) is 10.4 Å². The van der Waals surface area contributed by atoms with Crippen molar-refractivity contribution in [3.05, 3.63) is 47.5 Å². The van der Waals surface area contributed by atoms with Crippen molar-refractivity contribution in [2.24, 2.45) is 0 Å². The SMILES string of the molecule is CCCc1cccc2cccc([C@H](N3NC(=O)CC3(C)C)C(F)(F)F)c12. The lowest BCUT2D eigenvalue weighted by atomic mass is 9.90. The van der Waals surface area contributed by atoms with E-state index in [2.05, 4.69) is 5.43 Å². The van der Waals surface area contributed by atoms with Crippen LogP contribution >= 0.6 is 0 Å². The van der Waals surface area contributed by atoms with Crippen LogP contribution in [0.15, 0.2) is 36.4 Å². The summed E-state index contributed by atoms with van der Waals surface area (Å²) in [6.07, 6.45) is -2.95. The second-order valence-electron chi connectivity index (χ2n) is 7.45. The first kappa shape index (κ1) is 18.7. The Kier molecular flexibility index (Phi) is 4.73. The fraction of sp³-hybridized carbons (Fsp3) is 0.450. The molecule has 6 heteroatoms. The number of amides is 1. The van der Waals surface area contributed by atoms with Crippen LogP contribution in [0.3, 0.4) is 0 Å². The zero-order valence-electron chi connectivity index (χ0n) is 15.2. The van der Waals surface area contributed by atoms with Crippen LogP contribution in [0.1, 0.15) is 50.8 Å². The number of halogens is 3. The summed E-state index contributed by atoms with van der Waals surface area (Å²) in [5.41, 5.74) is 2.60. The van der Waals surface area contributed by atoms with E-state index >= 15 is 0 Å². The van der Waals surface area contributed by atoms with Crippen LogP contribution in [0.25, 0.3) is 10.8 Å². The average Bonchev–Trinajstić information content (AvgIpc) is 2.79. The van der Waals surface area contributed by atoms with Crippen LogP contribution in [-0.4, -0.2) is 22.6 Å². The van der Waals surface area contributed by atoms with Gasteiger partial charge in [0, 0.05) is 12.0 Å². The standard InChI is InChI=1S/C20H23F3N2O/c1-4-7-13-8-5-9-14-10-6-11-15(17(13)14)18(20(21,22)23)25-19(2,3)12-16(26)24-25/h5-6,8-11,18H,4,7,12H2,1-3H3,(H,24,26)/t18-/m0/s1. The van der Waals surface area contributed by atoms with E-state index in [0.717, 1.165) is 22.4 Å². The number of fused-ring (bicyclic) bond motifs is 1. The Morgan fingerprint density at radius 2 is 1.85 bits per heavy atom. The first-order valence-electron chi connectivity index (χ1n) is 8.81. The van der Waals surface area contributed by atoms with Gasteiger partial charge in [0.2, 0.25) is 5.91 Å². The first-order chi connectivity index (χ1) is 12.1. The predicted octanol–water partition coefficient (Wildman–Crippen LogP) is 4.91. The van der Waals surface area contributed by atoms with Crippen molar-refractivity contribution in [3.63, 3.8) is 0 Å². The van der Waals surface area contributed by atoms with Crippen LogP contribution in [0.2, 0.25) is 0 Å². The summed E-state index contributed by atoms with van der Waals surface area (Å²) in [6, 6.07) is 8.71. The summed E-state index contributed by atoms with van der Waals surface area (Å²) < 4.78 is 42.5. The molecule has 0 radical (unpaired) electrons. The number of nitrogens with zero attached hydrogens (tertiary/aromatic N) is 1. The minimum atomic E-state index is -4.53. The summed E-state index contributed by atoms with van der Waals surface area (Å²) in [5, 5.41) is 2.49. The molecule has 26 heavy (non-hydrogen) atoms. The van der Waals surface area contributed by atoms with Crippen LogP contribution in [0, 0.1) is 0 Å². The molecule has 1 N–H and O–H groups in total. The molecule has 0 unspecified atom stereocenters. The van der Waals surface area contributed by atoms with Gasteiger partial charge < -0.3 is 0 Å². The van der Waals surface area contributed by atoms with E-state index in [1.165, 1.54) is 6.07 Å². The van der Waals surface area contributed by atoms with Gasteiger partial charge in [0.05, 0.1) is 0 Å². The highest BCUT2D eigenvalue weighted by Gasteiger charge is 2.53. The van der Waals surface area contributed by atoms with Crippen LogP contribution in [-0.2, 0) is 11.2 Å². The van der Waals surface area contributed by atoms with Gasteiger partial charge in [0.1, 0.15) is 0 Å². The fourth-order valence-electron chi connectivity index (χ4n) is 3.83. The Bertz CT molecular complexity index is 824. The maximum atomic E-state index is 14.2. The van der Waals surface area contributed by atoms with Crippen molar-refractivity contribution in [1.29, 1.82) is 0 Å². The molecule has 1 heterocycles. The average molecular weight is 364 g/mol. The fourth-order valence-corrected chi connectivity index (χ4v) is 3.83. The number of alkyl halides is 3. The molecule has 1 saturated heterocycles. The summed E-state index contributed by atoms with van der Waals surface area (Å²) in [6.45, 7) is 5.32. The van der Waals surface area contributed by atoms with Gasteiger partial charge in [-0.3, -0.25) is 10.2 Å². The third-order valence-electron chi connectivity index (χ3n) is 4.90. The number of hydrogen-bond donors (Lipinski definition) is 1. The predicted molar refractivity (Wildman–Crippen MR) is 95.4 cm³/mol. The van der Waals surface area contributed by atoms with Crippen molar-refractivity contribution in [2.75, 3.05) is 0 Å². The number of carbonyl (C=O) groups excluding carboxylic acids is 1. The molecule has 1 aliphatic rings. The van der Waals surface area contributed by atoms with Crippen LogP contribution in [0.4, 0.5) is 13.2 Å². The molecule has 0 aromatic heterocycles. The molecule has 1 aliphatic heterocycles. The van der Waals surface area contributed by atoms with Crippen LogP contribution in [0.5, 0.6) is 0 Å².